The van der Waals surface area contributed by atoms with Crippen LogP contribution >= 0.6 is 0 Å². The molecule has 34 heavy (non-hydrogen) atoms. The maximum Gasteiger partial charge on any atom is 0.223 e. The topological polar surface area (TPSA) is 76.2 Å². The second-order valence-corrected chi connectivity index (χ2v) is 9.90. The molecule has 0 spiro atoms. The molecule has 3 aromatic rings. The van der Waals surface area contributed by atoms with Gasteiger partial charge in [0.2, 0.25) is 12.2 Å². The van der Waals surface area contributed by atoms with Crippen molar-refractivity contribution in [2.75, 3.05) is 19.8 Å². The van der Waals surface area contributed by atoms with Gasteiger partial charge in [0.15, 0.2) is 5.82 Å². The maximum absolute atomic E-state index is 12.6. The van der Waals surface area contributed by atoms with Crippen LogP contribution in [0.1, 0.15) is 51.1 Å². The van der Waals surface area contributed by atoms with E-state index in [-0.39, 0.29) is 17.2 Å². The van der Waals surface area contributed by atoms with E-state index in [0.717, 1.165) is 48.2 Å². The third-order valence-electron chi connectivity index (χ3n) is 6.89. The van der Waals surface area contributed by atoms with E-state index in [0.29, 0.717) is 25.6 Å². The number of ether oxygens (including phenoxy) is 2. The van der Waals surface area contributed by atoms with Crippen molar-refractivity contribution < 1.29 is 14.3 Å². The third kappa shape index (κ3) is 5.08. The first-order chi connectivity index (χ1) is 16.6. The second-order valence-electron chi connectivity index (χ2n) is 9.90. The predicted molar refractivity (Wildman–Crippen MR) is 132 cm³/mol. The van der Waals surface area contributed by atoms with Crippen LogP contribution in [0.15, 0.2) is 60.7 Å². The maximum atomic E-state index is 12.6. The molecule has 2 N–H and O–H groups in total. The number of hydrogen-bond acceptors (Lipinski definition) is 4. The monoisotopic (exact) mass is 459 g/mol. The molecule has 178 valence electrons. The number of carbonyl (C=O) groups is 1. The molecule has 6 heteroatoms. The Bertz CT molecular complexity index is 1030. The molecule has 1 amide bonds. The summed E-state index contributed by atoms with van der Waals surface area (Å²) in [5.74, 6) is 0.992. The molecular weight excluding hydrogens is 426 g/mol. The Balaban J connectivity index is 1.27. The van der Waals surface area contributed by atoms with Crippen LogP contribution in [0.4, 0.5) is 0 Å². The van der Waals surface area contributed by atoms with Gasteiger partial charge >= 0.3 is 0 Å². The summed E-state index contributed by atoms with van der Waals surface area (Å²) >= 11 is 0. The highest BCUT2D eigenvalue weighted by Crippen LogP contribution is 2.35. The lowest BCUT2D eigenvalue weighted by molar-refractivity contribution is -0.232. The third-order valence-corrected chi connectivity index (χ3v) is 6.89. The number of amides is 1. The fraction of sp³-hybridized carbons (Fsp3) is 0.429. The van der Waals surface area contributed by atoms with Gasteiger partial charge in [-0.25, -0.2) is 4.98 Å². The van der Waals surface area contributed by atoms with Crippen LogP contribution in [0.3, 0.4) is 0 Å². The Hall–Kier alpha value is -2.96. The van der Waals surface area contributed by atoms with Gasteiger partial charge in [0, 0.05) is 29.0 Å². The zero-order chi connectivity index (χ0) is 23.4. The van der Waals surface area contributed by atoms with Crippen molar-refractivity contribution in [3.8, 4) is 22.5 Å². The van der Waals surface area contributed by atoms with Crippen LogP contribution in [-0.2, 0) is 14.3 Å². The zero-order valence-corrected chi connectivity index (χ0v) is 19.8. The summed E-state index contributed by atoms with van der Waals surface area (Å²) in [5, 5.41) is 3.15. The molecule has 0 bridgehead atoms. The summed E-state index contributed by atoms with van der Waals surface area (Å²) in [4.78, 5) is 20.9. The Labute approximate surface area is 201 Å². The quantitative estimate of drug-likeness (QED) is 0.511. The summed E-state index contributed by atoms with van der Waals surface area (Å²) < 4.78 is 12.3. The number of aromatic nitrogens is 2. The van der Waals surface area contributed by atoms with Crippen LogP contribution in [-0.4, -0.2) is 35.6 Å². The molecule has 2 heterocycles. The molecule has 1 aromatic heterocycles. The average Bonchev–Trinajstić information content (AvgIpc) is 3.35. The molecular formula is C28H33N3O3. The molecule has 6 nitrogen and oxygen atoms in total. The molecule has 5 rings (SSSR count). The van der Waals surface area contributed by atoms with E-state index in [1.807, 2.05) is 36.4 Å². The van der Waals surface area contributed by atoms with E-state index < -0.39 is 6.29 Å². The highest BCUT2D eigenvalue weighted by Gasteiger charge is 2.36. The van der Waals surface area contributed by atoms with Crippen LogP contribution in [0, 0.1) is 11.3 Å². The lowest BCUT2D eigenvalue weighted by Gasteiger charge is -2.37. The van der Waals surface area contributed by atoms with Crippen LogP contribution < -0.4 is 5.32 Å². The van der Waals surface area contributed by atoms with Crippen molar-refractivity contribution in [1.82, 2.24) is 15.3 Å². The number of H-pyrrole nitrogens is 1. The number of nitrogens with one attached hydrogen (secondary N) is 2. The summed E-state index contributed by atoms with van der Waals surface area (Å²) in [5.41, 5.74) is 3.66. The molecule has 0 unspecified atom stereocenters. The van der Waals surface area contributed by atoms with Gasteiger partial charge < -0.3 is 19.8 Å². The Morgan fingerprint density at radius 1 is 0.971 bits per heavy atom. The van der Waals surface area contributed by atoms with Gasteiger partial charge in [-0.15, -0.1) is 0 Å². The summed E-state index contributed by atoms with van der Waals surface area (Å²) in [6.45, 7) is 3.63. The van der Waals surface area contributed by atoms with Gasteiger partial charge in [0.1, 0.15) is 0 Å². The number of benzene rings is 2. The molecule has 2 fully saturated rings. The average molecular weight is 460 g/mol. The van der Waals surface area contributed by atoms with Crippen molar-refractivity contribution in [3.63, 3.8) is 0 Å². The number of hydrogen-bond donors (Lipinski definition) is 2. The number of nitrogens with zero attached hydrogens (tertiary/aromatic N) is 1. The molecule has 1 saturated heterocycles. The van der Waals surface area contributed by atoms with Gasteiger partial charge in [0.25, 0.3) is 0 Å². The number of aromatic amines is 1. The van der Waals surface area contributed by atoms with Gasteiger partial charge in [-0.2, -0.15) is 0 Å². The molecule has 0 radical (unpaired) electrons. The summed E-state index contributed by atoms with van der Waals surface area (Å²) in [6, 6.07) is 20.3. The fourth-order valence-electron chi connectivity index (χ4n) is 4.83. The van der Waals surface area contributed by atoms with Gasteiger partial charge in [-0.3, -0.25) is 4.79 Å². The second kappa shape index (κ2) is 10.1. The molecule has 2 aromatic carbocycles. The van der Waals surface area contributed by atoms with Crippen molar-refractivity contribution in [2.24, 2.45) is 11.3 Å². The van der Waals surface area contributed by atoms with Crippen molar-refractivity contribution in [1.29, 1.82) is 0 Å². The molecule has 0 atom stereocenters. The van der Waals surface area contributed by atoms with Gasteiger partial charge in [-0.1, -0.05) is 86.8 Å². The van der Waals surface area contributed by atoms with Crippen LogP contribution in [0.25, 0.3) is 22.5 Å². The van der Waals surface area contributed by atoms with Crippen molar-refractivity contribution >= 4 is 5.91 Å². The lowest BCUT2D eigenvalue weighted by Crippen LogP contribution is -2.46. The van der Waals surface area contributed by atoms with Crippen molar-refractivity contribution in [3.05, 3.63) is 66.5 Å². The Kier molecular flexibility index (Phi) is 6.79. The van der Waals surface area contributed by atoms with E-state index in [1.54, 1.807) is 0 Å². The number of carbonyl (C=O) groups excluding carboxylic acids is 1. The first-order valence-corrected chi connectivity index (χ1v) is 12.3. The number of imidazole rings is 1. The van der Waals surface area contributed by atoms with Gasteiger partial charge in [0.05, 0.1) is 24.6 Å². The lowest BCUT2D eigenvalue weighted by atomic mass is 9.87. The largest absolute Gasteiger partial charge is 0.355 e. The number of rotatable bonds is 6. The van der Waals surface area contributed by atoms with E-state index in [2.05, 4.69) is 41.5 Å². The minimum absolute atomic E-state index is 0.159. The molecule has 1 saturated carbocycles. The van der Waals surface area contributed by atoms with Crippen molar-refractivity contribution in [2.45, 2.75) is 45.3 Å². The minimum Gasteiger partial charge on any atom is -0.355 e. The highest BCUT2D eigenvalue weighted by molar-refractivity contribution is 5.79. The summed E-state index contributed by atoms with van der Waals surface area (Å²) in [6.07, 6.45) is 5.00. The molecule has 2 aliphatic rings. The Morgan fingerprint density at radius 2 is 1.59 bits per heavy atom. The first-order valence-electron chi connectivity index (χ1n) is 12.3. The van der Waals surface area contributed by atoms with Crippen LogP contribution in [0.5, 0.6) is 0 Å². The van der Waals surface area contributed by atoms with E-state index >= 15 is 0 Å². The van der Waals surface area contributed by atoms with E-state index in [9.17, 15) is 4.79 Å². The van der Waals surface area contributed by atoms with E-state index in [1.165, 1.54) is 6.42 Å². The standard InChI is InChI=1S/C28H33N3O3/c1-28(17-29-26(32)22-15-9-4-10-16-22)18-33-27(34-19-28)25-30-23(20-11-5-2-6-12-20)24(31-25)21-13-7-3-8-14-21/h2-3,5-8,11-14,22,27H,4,9-10,15-19H2,1H3,(H,29,32)(H,30,31). The zero-order valence-electron chi connectivity index (χ0n) is 19.8. The van der Waals surface area contributed by atoms with Gasteiger partial charge in [-0.05, 0) is 12.8 Å². The Morgan fingerprint density at radius 3 is 2.24 bits per heavy atom. The predicted octanol–water partition coefficient (Wildman–Crippen LogP) is 5.49. The fourth-order valence-corrected chi connectivity index (χ4v) is 4.83. The first kappa shape index (κ1) is 22.8. The normalized spacial score (nSPS) is 23.5. The molecule has 1 aliphatic heterocycles. The minimum atomic E-state index is -0.568. The smallest absolute Gasteiger partial charge is 0.223 e. The molecule has 1 aliphatic carbocycles. The summed E-state index contributed by atoms with van der Waals surface area (Å²) in [7, 11) is 0. The van der Waals surface area contributed by atoms with Crippen LogP contribution in [0.2, 0.25) is 0 Å². The SMILES string of the molecule is CC1(CNC(=O)C2CCCCC2)COC(c2nc(-c3ccccc3)c(-c3ccccc3)[nH]2)OC1. The van der Waals surface area contributed by atoms with E-state index in [4.69, 9.17) is 14.5 Å². The highest BCUT2D eigenvalue weighted by atomic mass is 16.7.